The lowest BCUT2D eigenvalue weighted by Crippen LogP contribution is -2.49. The van der Waals surface area contributed by atoms with Crippen LogP contribution in [0.25, 0.3) is 5.65 Å². The maximum Gasteiger partial charge on any atom is 0.161 e. The molecule has 7 nitrogen and oxygen atoms in total. The largest absolute Gasteiger partial charge is 0.366 e. The van der Waals surface area contributed by atoms with E-state index in [1.54, 1.807) is 18.1 Å². The summed E-state index contributed by atoms with van der Waals surface area (Å²) in [5.41, 5.74) is 1.11. The van der Waals surface area contributed by atoms with Gasteiger partial charge in [-0.05, 0) is 57.5 Å². The summed E-state index contributed by atoms with van der Waals surface area (Å²) in [6.45, 7) is 7.09. The molecule has 1 saturated heterocycles. The number of nitrogens with zero attached hydrogens (tertiary/aromatic N) is 3. The lowest BCUT2D eigenvalue weighted by atomic mass is 10.2. The van der Waals surface area contributed by atoms with Gasteiger partial charge in [0, 0.05) is 42.3 Å². The number of fused-ring (bicyclic) bond motifs is 1. The quantitative estimate of drug-likeness (QED) is 0.297. The number of imidazole rings is 1. The Morgan fingerprint density at radius 1 is 1.32 bits per heavy atom. The first-order valence-electron chi connectivity index (χ1n) is 10.7. The van der Waals surface area contributed by atoms with Gasteiger partial charge in [-0.2, -0.15) is 0 Å². The minimum Gasteiger partial charge on any atom is -0.366 e. The third-order valence-electron chi connectivity index (χ3n) is 6.22. The third-order valence-corrected chi connectivity index (χ3v) is 8.26. The summed E-state index contributed by atoms with van der Waals surface area (Å²) in [5.74, 6) is 0. The third kappa shape index (κ3) is 4.35. The van der Waals surface area contributed by atoms with Gasteiger partial charge >= 0.3 is 0 Å². The van der Waals surface area contributed by atoms with Crippen molar-refractivity contribution < 1.29 is 4.39 Å². The SMILES string of the molecule is CC1CN(c2cc(SNC3(C)CC3)cn3c(C(=N)SC(=N)C4(F)CC4)cnc23)CCN1. The van der Waals surface area contributed by atoms with E-state index in [0.29, 0.717) is 24.6 Å². The van der Waals surface area contributed by atoms with E-state index in [4.69, 9.17) is 10.8 Å². The lowest BCUT2D eigenvalue weighted by molar-refractivity contribution is 0.410. The molecule has 166 valence electrons. The number of nitrogens with one attached hydrogen (secondary N) is 4. The minimum absolute atomic E-state index is 0.0718. The van der Waals surface area contributed by atoms with Gasteiger partial charge in [-0.3, -0.25) is 19.9 Å². The van der Waals surface area contributed by atoms with E-state index in [-0.39, 0.29) is 15.6 Å². The number of aromatic nitrogens is 2. The number of piperazine rings is 1. The van der Waals surface area contributed by atoms with Crippen LogP contribution in [-0.2, 0) is 0 Å². The topological polar surface area (TPSA) is 92.3 Å². The molecule has 3 fully saturated rings. The zero-order valence-corrected chi connectivity index (χ0v) is 19.4. The van der Waals surface area contributed by atoms with Crippen molar-refractivity contribution in [1.82, 2.24) is 19.4 Å². The van der Waals surface area contributed by atoms with Crippen LogP contribution in [0.4, 0.5) is 10.1 Å². The van der Waals surface area contributed by atoms with Gasteiger partial charge in [0.25, 0.3) is 0 Å². The second-order valence-corrected chi connectivity index (χ2v) is 11.1. The maximum atomic E-state index is 14.2. The Balaban J connectivity index is 1.48. The second kappa shape index (κ2) is 7.75. The summed E-state index contributed by atoms with van der Waals surface area (Å²) in [4.78, 5) is 8.04. The van der Waals surface area contributed by atoms with Gasteiger partial charge in [0.1, 0.15) is 10.1 Å². The van der Waals surface area contributed by atoms with Crippen molar-refractivity contribution in [3.63, 3.8) is 0 Å². The standard InChI is InChI=1S/C21H28FN7S2/c1-13-11-28(8-7-25-13)15-9-14(31-27-20(2)3-4-20)12-29-16(10-26-18(15)29)17(23)30-19(24)21(22)5-6-21/h9-10,12-13,23-25,27H,3-8,11H2,1-2H3. The van der Waals surface area contributed by atoms with Crippen LogP contribution in [0.1, 0.15) is 45.2 Å². The smallest absolute Gasteiger partial charge is 0.161 e. The molecule has 2 aromatic heterocycles. The molecule has 5 rings (SSSR count). The zero-order valence-electron chi connectivity index (χ0n) is 17.8. The van der Waals surface area contributed by atoms with Crippen LogP contribution in [0.2, 0.25) is 0 Å². The van der Waals surface area contributed by atoms with Gasteiger partial charge in [-0.1, -0.05) is 11.8 Å². The normalized spacial score (nSPS) is 23.7. The molecule has 2 aliphatic carbocycles. The Kier molecular flexibility index (Phi) is 5.31. The highest BCUT2D eigenvalue weighted by Crippen LogP contribution is 2.44. The van der Waals surface area contributed by atoms with Crippen LogP contribution in [0, 0.1) is 10.8 Å². The van der Waals surface area contributed by atoms with E-state index in [1.165, 1.54) is 12.8 Å². The molecule has 1 unspecified atom stereocenters. The van der Waals surface area contributed by atoms with Crippen molar-refractivity contribution in [2.75, 3.05) is 24.5 Å². The molecule has 1 aliphatic heterocycles. The highest BCUT2D eigenvalue weighted by atomic mass is 32.2. The summed E-state index contributed by atoms with van der Waals surface area (Å²) in [7, 11) is 0. The number of hydrogen-bond donors (Lipinski definition) is 4. The molecule has 0 spiro atoms. The van der Waals surface area contributed by atoms with Gasteiger partial charge in [0.2, 0.25) is 0 Å². The molecule has 1 atom stereocenters. The molecule has 2 aromatic rings. The lowest BCUT2D eigenvalue weighted by Gasteiger charge is -2.34. The number of thioether (sulfide) groups is 1. The Bertz CT molecular complexity index is 1040. The van der Waals surface area contributed by atoms with Crippen LogP contribution < -0.4 is 14.9 Å². The molecule has 10 heteroatoms. The predicted molar refractivity (Wildman–Crippen MR) is 127 cm³/mol. The molecule has 0 aromatic carbocycles. The number of pyridine rings is 1. The number of halogens is 1. The molecule has 0 bridgehead atoms. The van der Waals surface area contributed by atoms with Crippen LogP contribution in [-0.4, -0.2) is 56.4 Å². The van der Waals surface area contributed by atoms with Crippen molar-refractivity contribution >= 4 is 45.1 Å². The number of rotatable bonds is 6. The average Bonchev–Trinajstić information content (AvgIpc) is 3.63. The molecular weight excluding hydrogens is 433 g/mol. The molecule has 2 saturated carbocycles. The Labute approximate surface area is 190 Å². The fourth-order valence-electron chi connectivity index (χ4n) is 3.71. The van der Waals surface area contributed by atoms with E-state index in [0.717, 1.165) is 47.6 Å². The van der Waals surface area contributed by atoms with Crippen molar-refractivity contribution in [3.8, 4) is 0 Å². The minimum atomic E-state index is -1.52. The summed E-state index contributed by atoms with van der Waals surface area (Å²) < 4.78 is 19.7. The molecule has 3 heterocycles. The van der Waals surface area contributed by atoms with Crippen LogP contribution in [0.3, 0.4) is 0 Å². The Morgan fingerprint density at radius 2 is 2.10 bits per heavy atom. The van der Waals surface area contributed by atoms with Crippen LogP contribution in [0.15, 0.2) is 23.4 Å². The van der Waals surface area contributed by atoms with E-state index >= 15 is 0 Å². The molecule has 3 aliphatic rings. The van der Waals surface area contributed by atoms with Crippen molar-refractivity contribution in [1.29, 1.82) is 10.8 Å². The predicted octanol–water partition coefficient (Wildman–Crippen LogP) is 3.82. The molecule has 31 heavy (non-hydrogen) atoms. The fraction of sp³-hybridized carbons (Fsp3) is 0.571. The summed E-state index contributed by atoms with van der Waals surface area (Å²) >= 11 is 2.52. The first-order chi connectivity index (χ1) is 14.8. The van der Waals surface area contributed by atoms with E-state index in [9.17, 15) is 4.39 Å². The van der Waals surface area contributed by atoms with Gasteiger partial charge < -0.3 is 10.2 Å². The van der Waals surface area contributed by atoms with Gasteiger partial charge in [0.05, 0.1) is 17.6 Å². The highest BCUT2D eigenvalue weighted by Gasteiger charge is 2.48. The van der Waals surface area contributed by atoms with Crippen molar-refractivity contribution in [3.05, 3.63) is 24.2 Å². The number of alkyl halides is 1. The Hall–Kier alpha value is -1.62. The molecule has 0 amide bonds. The molecular formula is C21H28FN7S2. The highest BCUT2D eigenvalue weighted by molar-refractivity contribution is 8.27. The summed E-state index contributed by atoms with van der Waals surface area (Å²) in [5, 5.41) is 20.1. The maximum absolute atomic E-state index is 14.2. The Morgan fingerprint density at radius 3 is 2.77 bits per heavy atom. The summed E-state index contributed by atoms with van der Waals surface area (Å²) in [6.07, 6.45) is 6.79. The second-order valence-electron chi connectivity index (χ2n) is 9.19. The van der Waals surface area contributed by atoms with E-state index in [1.807, 2.05) is 10.6 Å². The zero-order chi connectivity index (χ0) is 21.8. The average molecular weight is 462 g/mol. The summed E-state index contributed by atoms with van der Waals surface area (Å²) in [6, 6.07) is 2.56. The van der Waals surface area contributed by atoms with Crippen LogP contribution >= 0.6 is 23.7 Å². The fourth-order valence-corrected chi connectivity index (χ4v) is 5.45. The van der Waals surface area contributed by atoms with Crippen LogP contribution in [0.5, 0.6) is 0 Å². The number of anilines is 1. The first kappa shape index (κ1) is 21.2. The van der Waals surface area contributed by atoms with Gasteiger partial charge in [-0.25, -0.2) is 9.37 Å². The molecule has 4 N–H and O–H groups in total. The monoisotopic (exact) mass is 461 g/mol. The first-order valence-corrected chi connectivity index (χ1v) is 12.4. The van der Waals surface area contributed by atoms with Crippen molar-refractivity contribution in [2.45, 2.75) is 61.7 Å². The molecule has 0 radical (unpaired) electrons. The van der Waals surface area contributed by atoms with Crippen molar-refractivity contribution in [2.24, 2.45) is 0 Å². The van der Waals surface area contributed by atoms with Gasteiger partial charge in [-0.15, -0.1) is 0 Å². The number of hydrogen-bond acceptors (Lipinski definition) is 8. The van der Waals surface area contributed by atoms with Gasteiger partial charge in [0.15, 0.2) is 11.3 Å². The van der Waals surface area contributed by atoms with E-state index < -0.39 is 5.67 Å². The van der Waals surface area contributed by atoms with E-state index in [2.05, 4.69) is 39.8 Å².